The minimum Gasteiger partial charge on any atom is -0.478 e. The minimum atomic E-state index is -1.59. The van der Waals surface area contributed by atoms with Gasteiger partial charge in [0, 0.05) is 22.2 Å². The average molecular weight is 331 g/mol. The van der Waals surface area contributed by atoms with E-state index in [1.165, 1.54) is 24.3 Å². The van der Waals surface area contributed by atoms with Gasteiger partial charge in [0.1, 0.15) is 0 Å². The zero-order valence-electron chi connectivity index (χ0n) is 11.2. The highest BCUT2D eigenvalue weighted by molar-refractivity contribution is 6.30. The van der Waals surface area contributed by atoms with Gasteiger partial charge in [0.15, 0.2) is 23.2 Å². The van der Waals surface area contributed by atoms with Crippen molar-refractivity contribution in [3.63, 3.8) is 0 Å². The van der Waals surface area contributed by atoms with Gasteiger partial charge in [-0.2, -0.15) is 0 Å². The van der Waals surface area contributed by atoms with Crippen LogP contribution in [0.1, 0.15) is 17.2 Å². The summed E-state index contributed by atoms with van der Waals surface area (Å²) in [5.41, 5.74) is -0.408. The maximum Gasteiger partial charge on any atom is 0.349 e. The summed E-state index contributed by atoms with van der Waals surface area (Å²) in [6, 6.07) is 6.10. The standard InChI is InChI=1S/C15H10ClF3O3/c1-7-12(18)10(17)6-11(13(7)19)22-14(15(20)21)8-2-4-9(16)5-3-8/h2-6,14H,1H3,(H,20,21). The van der Waals surface area contributed by atoms with Crippen molar-refractivity contribution >= 4 is 17.6 Å². The lowest BCUT2D eigenvalue weighted by Gasteiger charge is -2.17. The molecule has 0 aliphatic rings. The maximum absolute atomic E-state index is 13.9. The lowest BCUT2D eigenvalue weighted by atomic mass is 10.1. The summed E-state index contributed by atoms with van der Waals surface area (Å²) in [6.07, 6.45) is -1.59. The van der Waals surface area contributed by atoms with Crippen molar-refractivity contribution in [2.24, 2.45) is 0 Å². The van der Waals surface area contributed by atoms with E-state index >= 15 is 0 Å². The van der Waals surface area contributed by atoms with Gasteiger partial charge in [-0.1, -0.05) is 23.7 Å². The smallest absolute Gasteiger partial charge is 0.349 e. The Morgan fingerprint density at radius 1 is 1.18 bits per heavy atom. The van der Waals surface area contributed by atoms with Crippen molar-refractivity contribution in [3.8, 4) is 5.75 Å². The van der Waals surface area contributed by atoms with E-state index in [1.54, 1.807) is 0 Å². The Balaban J connectivity index is 2.41. The Morgan fingerprint density at radius 2 is 1.77 bits per heavy atom. The highest BCUT2D eigenvalue weighted by atomic mass is 35.5. The SMILES string of the molecule is Cc1c(F)c(F)cc(OC(C(=O)O)c2ccc(Cl)cc2)c1F. The normalized spacial score (nSPS) is 12.0. The van der Waals surface area contributed by atoms with Crippen molar-refractivity contribution < 1.29 is 27.8 Å². The number of carbonyl (C=O) groups is 1. The van der Waals surface area contributed by atoms with E-state index < -0.39 is 40.8 Å². The van der Waals surface area contributed by atoms with E-state index in [0.29, 0.717) is 11.1 Å². The highest BCUT2D eigenvalue weighted by Gasteiger charge is 2.25. The van der Waals surface area contributed by atoms with Gasteiger partial charge < -0.3 is 9.84 Å². The van der Waals surface area contributed by atoms with Crippen LogP contribution in [-0.4, -0.2) is 11.1 Å². The molecule has 0 fully saturated rings. The second-order valence-electron chi connectivity index (χ2n) is 4.50. The molecule has 1 N–H and O–H groups in total. The fourth-order valence-electron chi connectivity index (χ4n) is 1.81. The van der Waals surface area contributed by atoms with Crippen molar-refractivity contribution in [2.45, 2.75) is 13.0 Å². The third kappa shape index (κ3) is 3.17. The van der Waals surface area contributed by atoms with Crippen LogP contribution in [0.5, 0.6) is 5.75 Å². The van der Waals surface area contributed by atoms with Gasteiger partial charge in [0.25, 0.3) is 0 Å². The van der Waals surface area contributed by atoms with Gasteiger partial charge in [-0.15, -0.1) is 0 Å². The van der Waals surface area contributed by atoms with Gasteiger partial charge in [0.05, 0.1) is 0 Å². The molecule has 0 aromatic heterocycles. The number of halogens is 4. The van der Waals surface area contributed by atoms with E-state index in [0.717, 1.165) is 6.92 Å². The summed E-state index contributed by atoms with van der Waals surface area (Å²) in [7, 11) is 0. The van der Waals surface area contributed by atoms with E-state index in [-0.39, 0.29) is 5.56 Å². The molecular formula is C15H10ClF3O3. The van der Waals surface area contributed by atoms with E-state index in [1.807, 2.05) is 0 Å². The molecule has 0 heterocycles. The molecule has 0 saturated carbocycles. The third-order valence-electron chi connectivity index (χ3n) is 2.98. The summed E-state index contributed by atoms with van der Waals surface area (Å²) < 4.78 is 45.5. The fourth-order valence-corrected chi connectivity index (χ4v) is 1.94. The molecule has 0 bridgehead atoms. The van der Waals surface area contributed by atoms with Crippen LogP contribution in [0, 0.1) is 24.4 Å². The van der Waals surface area contributed by atoms with E-state index in [4.69, 9.17) is 16.3 Å². The Bertz CT molecular complexity index is 717. The summed E-state index contributed by atoms with van der Waals surface area (Å²) in [5.74, 6) is -5.92. The molecule has 0 amide bonds. The zero-order valence-corrected chi connectivity index (χ0v) is 12.0. The average Bonchev–Trinajstić information content (AvgIpc) is 2.48. The van der Waals surface area contributed by atoms with E-state index in [9.17, 15) is 23.1 Å². The van der Waals surface area contributed by atoms with Crippen LogP contribution in [0.4, 0.5) is 13.2 Å². The lowest BCUT2D eigenvalue weighted by molar-refractivity contribution is -0.145. The molecule has 7 heteroatoms. The molecule has 0 spiro atoms. The first-order valence-corrected chi connectivity index (χ1v) is 6.48. The molecular weight excluding hydrogens is 321 g/mol. The van der Waals surface area contributed by atoms with Crippen molar-refractivity contribution in [3.05, 3.63) is 63.9 Å². The van der Waals surface area contributed by atoms with Crippen LogP contribution >= 0.6 is 11.6 Å². The second-order valence-corrected chi connectivity index (χ2v) is 4.93. The number of hydrogen-bond acceptors (Lipinski definition) is 2. The molecule has 0 radical (unpaired) electrons. The molecule has 3 nitrogen and oxygen atoms in total. The number of rotatable bonds is 4. The Hall–Kier alpha value is -2.21. The van der Waals surface area contributed by atoms with Gasteiger partial charge in [-0.25, -0.2) is 18.0 Å². The lowest BCUT2D eigenvalue weighted by Crippen LogP contribution is -2.19. The molecule has 116 valence electrons. The van der Waals surface area contributed by atoms with Crippen molar-refractivity contribution in [2.75, 3.05) is 0 Å². The largest absolute Gasteiger partial charge is 0.478 e. The number of benzene rings is 2. The summed E-state index contributed by atoms with van der Waals surface area (Å²) in [6.45, 7) is 1.03. The topological polar surface area (TPSA) is 46.5 Å². The third-order valence-corrected chi connectivity index (χ3v) is 3.24. The number of aliphatic carboxylic acids is 1. The summed E-state index contributed by atoms with van der Waals surface area (Å²) in [4.78, 5) is 11.3. The van der Waals surface area contributed by atoms with E-state index in [2.05, 4.69) is 0 Å². The predicted octanol–water partition coefficient (Wildman–Crippen LogP) is 4.27. The number of carboxylic acid groups (broad SMARTS) is 1. The van der Waals surface area contributed by atoms with Crippen LogP contribution < -0.4 is 4.74 Å². The molecule has 2 rings (SSSR count). The molecule has 1 atom stereocenters. The number of carboxylic acids is 1. The monoisotopic (exact) mass is 330 g/mol. The molecule has 2 aromatic rings. The Morgan fingerprint density at radius 3 is 2.32 bits per heavy atom. The van der Waals surface area contributed by atoms with Crippen LogP contribution in [0.15, 0.2) is 30.3 Å². The van der Waals surface area contributed by atoms with Gasteiger partial charge in [0.2, 0.25) is 6.10 Å². The van der Waals surface area contributed by atoms with Crippen molar-refractivity contribution in [1.29, 1.82) is 0 Å². The maximum atomic E-state index is 13.9. The van der Waals surface area contributed by atoms with Gasteiger partial charge in [-0.05, 0) is 19.1 Å². The fraction of sp³-hybridized carbons (Fsp3) is 0.133. The quantitative estimate of drug-likeness (QED) is 0.852. The van der Waals surface area contributed by atoms with Gasteiger partial charge in [-0.3, -0.25) is 0 Å². The van der Waals surface area contributed by atoms with Crippen LogP contribution in [0.3, 0.4) is 0 Å². The second kappa shape index (κ2) is 6.27. The number of hydrogen-bond donors (Lipinski definition) is 1. The Kier molecular flexibility index (Phi) is 4.61. The van der Waals surface area contributed by atoms with Crippen LogP contribution in [0.25, 0.3) is 0 Å². The molecule has 1 unspecified atom stereocenters. The zero-order chi connectivity index (χ0) is 16.4. The first-order valence-electron chi connectivity index (χ1n) is 6.10. The molecule has 0 saturated heterocycles. The molecule has 22 heavy (non-hydrogen) atoms. The summed E-state index contributed by atoms with van der Waals surface area (Å²) in [5, 5.41) is 9.57. The number of ether oxygens (including phenoxy) is 1. The Labute approximate surface area is 128 Å². The molecule has 2 aromatic carbocycles. The van der Waals surface area contributed by atoms with Crippen LogP contribution in [0.2, 0.25) is 5.02 Å². The van der Waals surface area contributed by atoms with Crippen molar-refractivity contribution in [1.82, 2.24) is 0 Å². The van der Waals surface area contributed by atoms with Crippen LogP contribution in [-0.2, 0) is 4.79 Å². The first-order chi connectivity index (χ1) is 10.3. The first kappa shape index (κ1) is 16.2. The highest BCUT2D eigenvalue weighted by Crippen LogP contribution is 2.30. The summed E-state index contributed by atoms with van der Waals surface area (Å²) >= 11 is 5.70. The van der Waals surface area contributed by atoms with Gasteiger partial charge >= 0.3 is 5.97 Å². The molecule has 0 aliphatic carbocycles. The minimum absolute atomic E-state index is 0.179. The molecule has 0 aliphatic heterocycles. The predicted molar refractivity (Wildman–Crippen MR) is 73.5 cm³/mol.